The van der Waals surface area contributed by atoms with Crippen LogP contribution in [0.25, 0.3) is 0 Å². The zero-order valence-electron chi connectivity index (χ0n) is 8.70. The summed E-state index contributed by atoms with van der Waals surface area (Å²) in [6.07, 6.45) is 5.48. The normalized spacial score (nSPS) is 45.6. The maximum Gasteiger partial charge on any atom is 0.157 e. The number of fused-ring (bicyclic) bond motifs is 1. The maximum absolute atomic E-state index is 4.83. The Labute approximate surface area is 89.9 Å². The Hall–Kier alpha value is -0.180. The summed E-state index contributed by atoms with van der Waals surface area (Å²) in [6, 6.07) is 1.40. The zero-order chi connectivity index (χ0) is 9.54. The second-order valence-electron chi connectivity index (χ2n) is 4.97. The fraction of sp³-hybridized carbons (Fsp3) is 0.909. The van der Waals surface area contributed by atoms with E-state index in [2.05, 4.69) is 12.2 Å². The van der Waals surface area contributed by atoms with Crippen LogP contribution in [0.2, 0.25) is 0 Å². The molecule has 0 aromatic carbocycles. The molecule has 2 fully saturated rings. The quantitative estimate of drug-likeness (QED) is 0.718. The van der Waals surface area contributed by atoms with E-state index in [-0.39, 0.29) is 0 Å². The number of rotatable bonds is 1. The van der Waals surface area contributed by atoms with Crippen molar-refractivity contribution in [1.29, 1.82) is 0 Å². The lowest BCUT2D eigenvalue weighted by molar-refractivity contribution is 0.532. The van der Waals surface area contributed by atoms with Gasteiger partial charge in [0.05, 0.1) is 6.04 Å². The van der Waals surface area contributed by atoms with Crippen LogP contribution in [0.5, 0.6) is 0 Å². The molecule has 0 spiro atoms. The average Bonchev–Trinajstić information content (AvgIpc) is 2.70. The monoisotopic (exact) mass is 210 g/mol. The van der Waals surface area contributed by atoms with Gasteiger partial charge in [0.1, 0.15) is 0 Å². The number of thioether (sulfide) groups is 1. The van der Waals surface area contributed by atoms with Crippen molar-refractivity contribution in [2.75, 3.05) is 5.75 Å². The number of hydrogen-bond donors (Lipinski definition) is 1. The van der Waals surface area contributed by atoms with Gasteiger partial charge in [0, 0.05) is 11.8 Å². The van der Waals surface area contributed by atoms with E-state index in [1.807, 2.05) is 11.8 Å². The number of aliphatic imine (C=N–C) groups is 1. The second kappa shape index (κ2) is 3.44. The first-order valence-electron chi connectivity index (χ1n) is 5.80. The van der Waals surface area contributed by atoms with Crippen molar-refractivity contribution in [3.8, 4) is 0 Å². The van der Waals surface area contributed by atoms with Gasteiger partial charge in [-0.15, -0.1) is 0 Å². The highest BCUT2D eigenvalue weighted by Crippen LogP contribution is 2.36. The van der Waals surface area contributed by atoms with Crippen LogP contribution in [-0.2, 0) is 0 Å². The zero-order valence-corrected chi connectivity index (χ0v) is 9.52. The molecular weight excluding hydrogens is 192 g/mol. The third kappa shape index (κ3) is 1.67. The smallest absolute Gasteiger partial charge is 0.157 e. The van der Waals surface area contributed by atoms with Gasteiger partial charge in [0.25, 0.3) is 0 Å². The van der Waals surface area contributed by atoms with Gasteiger partial charge in [-0.3, -0.25) is 4.99 Å². The Bertz CT molecular complexity index is 264. The molecule has 4 atom stereocenters. The second-order valence-corrected chi connectivity index (χ2v) is 5.98. The molecule has 3 rings (SSSR count). The van der Waals surface area contributed by atoms with Gasteiger partial charge in [-0.05, 0) is 31.1 Å². The van der Waals surface area contributed by atoms with Crippen LogP contribution in [0.4, 0.5) is 0 Å². The minimum absolute atomic E-state index is 0.660. The fourth-order valence-corrected chi connectivity index (χ4v) is 3.72. The van der Waals surface area contributed by atoms with E-state index in [0.717, 1.165) is 17.9 Å². The number of nitrogens with one attached hydrogen (secondary N) is 1. The van der Waals surface area contributed by atoms with E-state index in [1.54, 1.807) is 0 Å². The standard InChI is InChI=1S/C11H18N2S/c1-7-5-10(7)13-11-12-9-4-2-3-8(9)6-14-11/h7-10H,2-6H2,1H3,(H,12,13). The van der Waals surface area contributed by atoms with Gasteiger partial charge < -0.3 is 5.32 Å². The molecule has 0 aromatic heterocycles. The van der Waals surface area contributed by atoms with Crippen LogP contribution < -0.4 is 5.32 Å². The Morgan fingerprint density at radius 2 is 2.29 bits per heavy atom. The predicted molar refractivity (Wildman–Crippen MR) is 61.7 cm³/mol. The largest absolute Gasteiger partial charge is 0.362 e. The Morgan fingerprint density at radius 3 is 3.07 bits per heavy atom. The van der Waals surface area contributed by atoms with Crippen LogP contribution in [0.1, 0.15) is 32.6 Å². The van der Waals surface area contributed by atoms with Crippen molar-refractivity contribution >= 4 is 16.9 Å². The van der Waals surface area contributed by atoms with E-state index in [1.165, 1.54) is 36.6 Å². The van der Waals surface area contributed by atoms with Crippen molar-refractivity contribution in [2.45, 2.75) is 44.7 Å². The molecular formula is C11H18N2S. The molecule has 1 aliphatic heterocycles. The van der Waals surface area contributed by atoms with Crippen molar-refractivity contribution in [2.24, 2.45) is 16.8 Å². The SMILES string of the molecule is CC1CC1NC1=NC2CCCC2CS1. The summed E-state index contributed by atoms with van der Waals surface area (Å²) in [7, 11) is 0. The first kappa shape index (κ1) is 9.08. The summed E-state index contributed by atoms with van der Waals surface area (Å²) in [4.78, 5) is 4.83. The molecule has 14 heavy (non-hydrogen) atoms. The molecule has 0 aromatic rings. The summed E-state index contributed by atoms with van der Waals surface area (Å²) >= 11 is 1.95. The molecule has 3 heteroatoms. The highest BCUT2D eigenvalue weighted by Gasteiger charge is 2.36. The summed E-state index contributed by atoms with van der Waals surface area (Å²) in [5, 5.41) is 4.81. The third-order valence-corrected chi connectivity index (χ3v) is 4.85. The van der Waals surface area contributed by atoms with Crippen molar-refractivity contribution in [1.82, 2.24) is 5.32 Å². The average molecular weight is 210 g/mol. The summed E-state index contributed by atoms with van der Waals surface area (Å²) < 4.78 is 0. The van der Waals surface area contributed by atoms with Gasteiger partial charge in [-0.1, -0.05) is 25.1 Å². The lowest BCUT2D eigenvalue weighted by Gasteiger charge is -2.23. The molecule has 2 saturated carbocycles. The molecule has 4 unspecified atom stereocenters. The molecule has 1 N–H and O–H groups in total. The van der Waals surface area contributed by atoms with E-state index < -0.39 is 0 Å². The predicted octanol–water partition coefficient (Wildman–Crippen LogP) is 2.26. The lowest BCUT2D eigenvalue weighted by Crippen LogP contribution is -2.31. The first-order chi connectivity index (χ1) is 6.83. The van der Waals surface area contributed by atoms with Crippen molar-refractivity contribution < 1.29 is 0 Å². The van der Waals surface area contributed by atoms with Crippen LogP contribution in [0, 0.1) is 11.8 Å². The van der Waals surface area contributed by atoms with Crippen LogP contribution in [0.3, 0.4) is 0 Å². The molecule has 2 aliphatic carbocycles. The van der Waals surface area contributed by atoms with Crippen LogP contribution in [0.15, 0.2) is 4.99 Å². The Morgan fingerprint density at radius 1 is 1.43 bits per heavy atom. The van der Waals surface area contributed by atoms with E-state index >= 15 is 0 Å². The molecule has 0 bridgehead atoms. The third-order valence-electron chi connectivity index (χ3n) is 3.75. The topological polar surface area (TPSA) is 24.4 Å². The highest BCUT2D eigenvalue weighted by atomic mass is 32.2. The highest BCUT2D eigenvalue weighted by molar-refractivity contribution is 8.13. The van der Waals surface area contributed by atoms with Crippen molar-refractivity contribution in [3.05, 3.63) is 0 Å². The number of amidine groups is 1. The first-order valence-corrected chi connectivity index (χ1v) is 6.78. The van der Waals surface area contributed by atoms with Crippen molar-refractivity contribution in [3.63, 3.8) is 0 Å². The molecule has 1 heterocycles. The minimum atomic E-state index is 0.660. The molecule has 0 amide bonds. The van der Waals surface area contributed by atoms with Gasteiger partial charge in [0.15, 0.2) is 5.17 Å². The molecule has 2 nitrogen and oxygen atoms in total. The molecule has 3 aliphatic rings. The fourth-order valence-electron chi connectivity index (χ4n) is 2.52. The molecule has 0 radical (unpaired) electrons. The Kier molecular flexibility index (Phi) is 2.23. The van der Waals surface area contributed by atoms with Crippen LogP contribution in [-0.4, -0.2) is 23.0 Å². The summed E-state index contributed by atoms with van der Waals surface area (Å²) in [6.45, 7) is 2.31. The number of nitrogens with zero attached hydrogens (tertiary/aromatic N) is 1. The Balaban J connectivity index is 1.63. The van der Waals surface area contributed by atoms with Gasteiger partial charge >= 0.3 is 0 Å². The van der Waals surface area contributed by atoms with E-state index in [4.69, 9.17) is 4.99 Å². The van der Waals surface area contributed by atoms with Crippen LogP contribution >= 0.6 is 11.8 Å². The van der Waals surface area contributed by atoms with E-state index in [0.29, 0.717) is 6.04 Å². The lowest BCUT2D eigenvalue weighted by atomic mass is 10.1. The van der Waals surface area contributed by atoms with Gasteiger partial charge in [-0.25, -0.2) is 0 Å². The van der Waals surface area contributed by atoms with Gasteiger partial charge in [-0.2, -0.15) is 0 Å². The summed E-state index contributed by atoms with van der Waals surface area (Å²) in [5.41, 5.74) is 0. The summed E-state index contributed by atoms with van der Waals surface area (Å²) in [5.74, 6) is 3.07. The minimum Gasteiger partial charge on any atom is -0.362 e. The molecule has 78 valence electrons. The van der Waals surface area contributed by atoms with Gasteiger partial charge in [0.2, 0.25) is 0 Å². The molecule has 0 saturated heterocycles. The van der Waals surface area contributed by atoms with E-state index in [9.17, 15) is 0 Å². The number of hydrogen-bond acceptors (Lipinski definition) is 3. The maximum atomic E-state index is 4.83.